The first-order valence-electron chi connectivity index (χ1n) is 5.91. The van der Waals surface area contributed by atoms with Gasteiger partial charge in [0.1, 0.15) is 0 Å². The predicted octanol–water partition coefficient (Wildman–Crippen LogP) is 1.70. The van der Waals surface area contributed by atoms with Crippen LogP contribution < -0.4 is 10.6 Å². The number of rotatable bonds is 4. The first kappa shape index (κ1) is 10.7. The smallest absolute Gasteiger partial charge is 0.0210 e. The van der Waals surface area contributed by atoms with Gasteiger partial charge in [-0.1, -0.05) is 31.2 Å². The van der Waals surface area contributed by atoms with Gasteiger partial charge in [0.25, 0.3) is 0 Å². The van der Waals surface area contributed by atoms with Crippen molar-refractivity contribution in [2.24, 2.45) is 0 Å². The van der Waals surface area contributed by atoms with Crippen molar-refractivity contribution in [2.75, 3.05) is 13.1 Å². The van der Waals surface area contributed by atoms with Crippen LogP contribution in [-0.2, 0) is 13.0 Å². The summed E-state index contributed by atoms with van der Waals surface area (Å²) >= 11 is 0. The average molecular weight is 204 g/mol. The molecule has 2 nitrogen and oxygen atoms in total. The monoisotopic (exact) mass is 204 g/mol. The maximum atomic E-state index is 3.59. The molecule has 0 fully saturated rings. The molecule has 2 heteroatoms. The van der Waals surface area contributed by atoms with E-state index in [0.29, 0.717) is 6.04 Å². The molecule has 2 rings (SSSR count). The van der Waals surface area contributed by atoms with Crippen LogP contribution in [0.25, 0.3) is 0 Å². The number of hydrogen-bond donors (Lipinski definition) is 2. The van der Waals surface area contributed by atoms with E-state index in [1.165, 1.54) is 24.0 Å². The molecule has 1 aliphatic rings. The summed E-state index contributed by atoms with van der Waals surface area (Å²) in [6.45, 7) is 5.39. The van der Waals surface area contributed by atoms with Crippen molar-refractivity contribution < 1.29 is 0 Å². The van der Waals surface area contributed by atoms with Crippen LogP contribution in [-0.4, -0.2) is 19.1 Å². The van der Waals surface area contributed by atoms with Gasteiger partial charge in [0.05, 0.1) is 0 Å². The van der Waals surface area contributed by atoms with Gasteiger partial charge in [-0.15, -0.1) is 0 Å². The minimum Gasteiger partial charge on any atom is -0.317 e. The maximum absolute atomic E-state index is 3.59. The minimum atomic E-state index is 0.652. The van der Waals surface area contributed by atoms with Gasteiger partial charge in [-0.2, -0.15) is 0 Å². The molecule has 0 radical (unpaired) electrons. The van der Waals surface area contributed by atoms with E-state index in [9.17, 15) is 0 Å². The highest BCUT2D eigenvalue weighted by atomic mass is 14.9. The van der Waals surface area contributed by atoms with Gasteiger partial charge >= 0.3 is 0 Å². The Morgan fingerprint density at radius 2 is 2.13 bits per heavy atom. The highest BCUT2D eigenvalue weighted by Crippen LogP contribution is 2.17. The fraction of sp³-hybridized carbons (Fsp3) is 0.538. The standard InChI is InChI=1S/C13H20N2/c1-2-14-8-7-13-9-11-5-3-4-6-12(11)10-15-13/h3-6,13-15H,2,7-10H2,1H3. The van der Waals surface area contributed by atoms with E-state index in [-0.39, 0.29) is 0 Å². The molecular formula is C13H20N2. The van der Waals surface area contributed by atoms with Gasteiger partial charge < -0.3 is 10.6 Å². The van der Waals surface area contributed by atoms with Crippen molar-refractivity contribution in [2.45, 2.75) is 32.4 Å². The van der Waals surface area contributed by atoms with Crippen LogP contribution in [0.5, 0.6) is 0 Å². The molecule has 0 aromatic heterocycles. The quantitative estimate of drug-likeness (QED) is 0.729. The summed E-state index contributed by atoms with van der Waals surface area (Å²) in [4.78, 5) is 0. The molecule has 2 N–H and O–H groups in total. The van der Waals surface area contributed by atoms with E-state index in [2.05, 4.69) is 41.8 Å². The van der Waals surface area contributed by atoms with Crippen molar-refractivity contribution in [3.05, 3.63) is 35.4 Å². The maximum Gasteiger partial charge on any atom is 0.0210 e. The Hall–Kier alpha value is -0.860. The zero-order chi connectivity index (χ0) is 10.5. The molecule has 0 aliphatic carbocycles. The fourth-order valence-electron chi connectivity index (χ4n) is 2.18. The second kappa shape index (κ2) is 5.29. The zero-order valence-electron chi connectivity index (χ0n) is 9.42. The Bertz CT molecular complexity index is 309. The normalized spacial score (nSPS) is 19.9. The zero-order valence-corrected chi connectivity index (χ0v) is 9.42. The van der Waals surface area contributed by atoms with Gasteiger partial charge in [0.15, 0.2) is 0 Å². The summed E-state index contributed by atoms with van der Waals surface area (Å²) in [5.41, 5.74) is 3.00. The van der Waals surface area contributed by atoms with Crippen LogP contribution in [0.1, 0.15) is 24.5 Å². The van der Waals surface area contributed by atoms with Crippen molar-refractivity contribution >= 4 is 0 Å². The second-order valence-electron chi connectivity index (χ2n) is 4.19. The van der Waals surface area contributed by atoms with Gasteiger partial charge in [-0.25, -0.2) is 0 Å². The third kappa shape index (κ3) is 2.80. The molecule has 0 saturated carbocycles. The van der Waals surface area contributed by atoms with E-state index >= 15 is 0 Å². The predicted molar refractivity (Wildman–Crippen MR) is 63.9 cm³/mol. The molecular weight excluding hydrogens is 184 g/mol. The topological polar surface area (TPSA) is 24.1 Å². The lowest BCUT2D eigenvalue weighted by Crippen LogP contribution is -2.37. The molecule has 0 bridgehead atoms. The molecule has 1 atom stereocenters. The highest BCUT2D eigenvalue weighted by Gasteiger charge is 2.16. The molecule has 1 aromatic carbocycles. The Morgan fingerprint density at radius 3 is 2.93 bits per heavy atom. The first-order chi connectivity index (χ1) is 7.40. The molecule has 1 unspecified atom stereocenters. The van der Waals surface area contributed by atoms with Crippen molar-refractivity contribution in [3.8, 4) is 0 Å². The lowest BCUT2D eigenvalue weighted by molar-refractivity contribution is 0.441. The second-order valence-corrected chi connectivity index (χ2v) is 4.19. The molecule has 0 saturated heterocycles. The summed E-state index contributed by atoms with van der Waals surface area (Å²) in [6.07, 6.45) is 2.41. The van der Waals surface area contributed by atoms with Crippen LogP contribution in [0, 0.1) is 0 Å². The lowest BCUT2D eigenvalue weighted by Gasteiger charge is -2.26. The van der Waals surface area contributed by atoms with Crippen LogP contribution in [0.4, 0.5) is 0 Å². The van der Waals surface area contributed by atoms with Gasteiger partial charge in [0, 0.05) is 12.6 Å². The third-order valence-electron chi connectivity index (χ3n) is 3.09. The van der Waals surface area contributed by atoms with Gasteiger partial charge in [-0.3, -0.25) is 0 Å². The molecule has 1 heterocycles. The number of fused-ring (bicyclic) bond motifs is 1. The summed E-state index contributed by atoms with van der Waals surface area (Å²) in [7, 11) is 0. The van der Waals surface area contributed by atoms with E-state index in [1.807, 2.05) is 0 Å². The number of benzene rings is 1. The van der Waals surface area contributed by atoms with E-state index in [1.54, 1.807) is 0 Å². The first-order valence-corrected chi connectivity index (χ1v) is 5.91. The lowest BCUT2D eigenvalue weighted by atomic mass is 9.94. The summed E-state index contributed by atoms with van der Waals surface area (Å²) < 4.78 is 0. The Kier molecular flexibility index (Phi) is 3.75. The van der Waals surface area contributed by atoms with Gasteiger partial charge in [0.2, 0.25) is 0 Å². The number of nitrogens with one attached hydrogen (secondary N) is 2. The molecule has 1 aliphatic heterocycles. The summed E-state index contributed by atoms with van der Waals surface area (Å²) in [5, 5.41) is 6.97. The number of hydrogen-bond acceptors (Lipinski definition) is 2. The van der Waals surface area contributed by atoms with Crippen LogP contribution in [0.2, 0.25) is 0 Å². The largest absolute Gasteiger partial charge is 0.317 e. The summed E-state index contributed by atoms with van der Waals surface area (Å²) in [5.74, 6) is 0. The van der Waals surface area contributed by atoms with Gasteiger partial charge in [-0.05, 0) is 37.1 Å². The Morgan fingerprint density at radius 1 is 1.33 bits per heavy atom. The molecule has 15 heavy (non-hydrogen) atoms. The minimum absolute atomic E-state index is 0.652. The Balaban J connectivity index is 1.88. The van der Waals surface area contributed by atoms with Crippen LogP contribution >= 0.6 is 0 Å². The highest BCUT2D eigenvalue weighted by molar-refractivity contribution is 5.29. The van der Waals surface area contributed by atoms with Crippen molar-refractivity contribution in [1.82, 2.24) is 10.6 Å². The van der Waals surface area contributed by atoms with Crippen LogP contribution in [0.3, 0.4) is 0 Å². The SMILES string of the molecule is CCNCCC1Cc2ccccc2CN1. The molecule has 82 valence electrons. The van der Waals surface area contributed by atoms with E-state index in [0.717, 1.165) is 19.6 Å². The van der Waals surface area contributed by atoms with E-state index in [4.69, 9.17) is 0 Å². The van der Waals surface area contributed by atoms with Crippen molar-refractivity contribution in [3.63, 3.8) is 0 Å². The Labute approximate surface area is 92.1 Å². The molecule has 0 spiro atoms. The molecule has 0 amide bonds. The van der Waals surface area contributed by atoms with E-state index < -0.39 is 0 Å². The third-order valence-corrected chi connectivity index (χ3v) is 3.09. The summed E-state index contributed by atoms with van der Waals surface area (Å²) in [6, 6.07) is 9.41. The molecule has 1 aromatic rings. The fourth-order valence-corrected chi connectivity index (χ4v) is 2.18. The van der Waals surface area contributed by atoms with Crippen LogP contribution in [0.15, 0.2) is 24.3 Å². The average Bonchev–Trinajstić information content (AvgIpc) is 2.29. The van der Waals surface area contributed by atoms with Crippen molar-refractivity contribution in [1.29, 1.82) is 0 Å².